The van der Waals surface area contributed by atoms with Crippen LogP contribution >= 0.6 is 0 Å². The molecule has 2 bridgehead atoms. The molecule has 1 N–H and O–H groups in total. The highest BCUT2D eigenvalue weighted by atomic mass is 16.3. The Morgan fingerprint density at radius 1 is 1.00 bits per heavy atom. The van der Waals surface area contributed by atoms with Crippen LogP contribution in [0.4, 0.5) is 0 Å². The summed E-state index contributed by atoms with van der Waals surface area (Å²) in [5, 5.41) is 11.3. The van der Waals surface area contributed by atoms with Crippen molar-refractivity contribution in [3.8, 4) is 11.3 Å². The zero-order valence-electron chi connectivity index (χ0n) is 12.9. The lowest BCUT2D eigenvalue weighted by molar-refractivity contribution is -0.0523. The van der Waals surface area contributed by atoms with Crippen molar-refractivity contribution in [2.24, 2.45) is 5.41 Å². The van der Waals surface area contributed by atoms with Gasteiger partial charge in [-0.2, -0.15) is 0 Å². The molecule has 1 aromatic heterocycles. The van der Waals surface area contributed by atoms with Gasteiger partial charge < -0.3 is 5.11 Å². The van der Waals surface area contributed by atoms with Gasteiger partial charge in [-0.15, -0.1) is 0 Å². The van der Waals surface area contributed by atoms with Gasteiger partial charge in [0.15, 0.2) is 0 Å². The van der Waals surface area contributed by atoms with Crippen molar-refractivity contribution < 1.29 is 5.11 Å². The van der Waals surface area contributed by atoms with Gasteiger partial charge in [-0.05, 0) is 30.0 Å². The van der Waals surface area contributed by atoms with E-state index in [0.29, 0.717) is 0 Å². The van der Waals surface area contributed by atoms with Crippen molar-refractivity contribution in [3.63, 3.8) is 0 Å². The van der Waals surface area contributed by atoms with Crippen LogP contribution in [0, 0.1) is 5.41 Å². The number of hydrogen-bond acceptors (Lipinski definition) is 2. The molecule has 2 aliphatic carbocycles. The monoisotopic (exact) mass is 279 g/mol. The predicted octanol–water partition coefficient (Wildman–Crippen LogP) is 4.03. The highest BCUT2D eigenvalue weighted by molar-refractivity contribution is 5.63. The molecule has 0 amide bonds. The lowest BCUT2D eigenvalue weighted by Gasteiger charge is -2.38. The third kappa shape index (κ3) is 1.34. The van der Waals surface area contributed by atoms with Crippen molar-refractivity contribution in [1.29, 1.82) is 0 Å². The summed E-state index contributed by atoms with van der Waals surface area (Å²) in [7, 11) is 0. The first-order valence-electron chi connectivity index (χ1n) is 7.69. The highest BCUT2D eigenvalue weighted by Gasteiger charge is 2.67. The maximum Gasteiger partial charge on any atom is 0.0960 e. The molecule has 2 heteroatoms. The fourth-order valence-electron chi connectivity index (χ4n) is 4.46. The number of aliphatic hydroxyl groups is 1. The topological polar surface area (TPSA) is 33.1 Å². The molecule has 1 heterocycles. The molecular weight excluding hydrogens is 258 g/mol. The fourth-order valence-corrected chi connectivity index (χ4v) is 4.46. The van der Waals surface area contributed by atoms with Crippen LogP contribution < -0.4 is 0 Å². The van der Waals surface area contributed by atoms with Gasteiger partial charge in [-0.3, -0.25) is 4.98 Å². The van der Waals surface area contributed by atoms with E-state index in [-0.39, 0.29) is 10.8 Å². The normalized spacial score (nSPS) is 32.2. The quantitative estimate of drug-likeness (QED) is 0.855. The molecule has 0 radical (unpaired) electrons. The zero-order valence-corrected chi connectivity index (χ0v) is 12.9. The lowest BCUT2D eigenvalue weighted by atomic mass is 9.68. The highest BCUT2D eigenvalue weighted by Crippen LogP contribution is 2.69. The van der Waals surface area contributed by atoms with Gasteiger partial charge in [0.2, 0.25) is 0 Å². The molecule has 0 aliphatic heterocycles. The smallest absolute Gasteiger partial charge is 0.0960 e. The van der Waals surface area contributed by atoms with Crippen LogP contribution in [0.25, 0.3) is 11.3 Å². The molecule has 4 rings (SSSR count). The standard InChI is InChI=1S/C19H21NO/c1-17(2)18(3)9-10-19(17,21)14-11-16(20-12-15(14)18)13-7-5-4-6-8-13/h4-8,11-12,21H,9-10H2,1-3H3. The van der Waals surface area contributed by atoms with Crippen molar-refractivity contribution in [3.05, 3.63) is 53.7 Å². The second kappa shape index (κ2) is 3.75. The van der Waals surface area contributed by atoms with Crippen LogP contribution in [-0.4, -0.2) is 10.1 Å². The van der Waals surface area contributed by atoms with E-state index < -0.39 is 5.60 Å². The number of aromatic nitrogens is 1. The Kier molecular flexibility index (Phi) is 2.32. The van der Waals surface area contributed by atoms with E-state index in [4.69, 9.17) is 0 Å². The molecule has 21 heavy (non-hydrogen) atoms. The molecule has 0 saturated heterocycles. The molecule has 2 nitrogen and oxygen atoms in total. The van der Waals surface area contributed by atoms with Crippen LogP contribution in [0.5, 0.6) is 0 Å². The number of pyridine rings is 1. The van der Waals surface area contributed by atoms with Crippen LogP contribution in [0.3, 0.4) is 0 Å². The molecule has 1 aromatic carbocycles. The molecule has 2 aliphatic rings. The Morgan fingerprint density at radius 3 is 2.43 bits per heavy atom. The van der Waals surface area contributed by atoms with E-state index in [1.807, 2.05) is 24.4 Å². The van der Waals surface area contributed by atoms with Crippen molar-refractivity contribution in [2.45, 2.75) is 44.6 Å². The van der Waals surface area contributed by atoms with Crippen LogP contribution in [-0.2, 0) is 11.0 Å². The number of hydrogen-bond donors (Lipinski definition) is 1. The first-order chi connectivity index (χ1) is 9.90. The minimum atomic E-state index is -0.719. The van der Waals surface area contributed by atoms with Gasteiger partial charge >= 0.3 is 0 Å². The minimum Gasteiger partial charge on any atom is -0.385 e. The third-order valence-corrected chi connectivity index (χ3v) is 6.41. The lowest BCUT2D eigenvalue weighted by Crippen LogP contribution is -2.39. The number of nitrogens with zero attached hydrogens (tertiary/aromatic N) is 1. The molecule has 108 valence electrons. The number of fused-ring (bicyclic) bond motifs is 5. The Hall–Kier alpha value is -1.67. The largest absolute Gasteiger partial charge is 0.385 e. The SMILES string of the molecule is CC12CCC(O)(c3cc(-c4ccccc4)ncc31)C2(C)C. The summed E-state index contributed by atoms with van der Waals surface area (Å²) >= 11 is 0. The van der Waals surface area contributed by atoms with E-state index in [0.717, 1.165) is 29.7 Å². The molecule has 2 unspecified atom stereocenters. The zero-order chi connectivity index (χ0) is 14.9. The van der Waals surface area contributed by atoms with Gasteiger partial charge in [-0.1, -0.05) is 51.1 Å². The molecule has 0 spiro atoms. The number of rotatable bonds is 1. The summed E-state index contributed by atoms with van der Waals surface area (Å²) in [6, 6.07) is 12.3. The maximum absolute atomic E-state index is 11.3. The second-order valence-corrected chi connectivity index (χ2v) is 7.30. The fraction of sp³-hybridized carbons (Fsp3) is 0.421. The van der Waals surface area contributed by atoms with E-state index >= 15 is 0 Å². The molecule has 2 atom stereocenters. The molecule has 1 fully saturated rings. The molecule has 2 aromatic rings. The van der Waals surface area contributed by atoms with Crippen LogP contribution in [0.1, 0.15) is 44.7 Å². The van der Waals surface area contributed by atoms with Crippen molar-refractivity contribution in [2.75, 3.05) is 0 Å². The van der Waals surface area contributed by atoms with Crippen LogP contribution in [0.15, 0.2) is 42.6 Å². The first-order valence-corrected chi connectivity index (χ1v) is 7.69. The van der Waals surface area contributed by atoms with Gasteiger partial charge in [0.05, 0.1) is 11.3 Å². The summed E-state index contributed by atoms with van der Waals surface area (Å²) in [6.45, 7) is 6.67. The Morgan fingerprint density at radius 2 is 1.71 bits per heavy atom. The van der Waals surface area contributed by atoms with E-state index in [2.05, 4.69) is 44.0 Å². The maximum atomic E-state index is 11.3. The van der Waals surface area contributed by atoms with Crippen molar-refractivity contribution >= 4 is 0 Å². The Labute approximate surface area is 125 Å². The van der Waals surface area contributed by atoms with Crippen molar-refractivity contribution in [1.82, 2.24) is 4.98 Å². The summed E-state index contributed by atoms with van der Waals surface area (Å²) < 4.78 is 0. The van der Waals surface area contributed by atoms with E-state index in [9.17, 15) is 5.11 Å². The summed E-state index contributed by atoms with van der Waals surface area (Å²) in [6.07, 6.45) is 3.88. The van der Waals surface area contributed by atoms with Gasteiger partial charge in [-0.25, -0.2) is 0 Å². The Bertz CT molecular complexity index is 722. The van der Waals surface area contributed by atoms with E-state index in [1.54, 1.807) is 0 Å². The molecular formula is C19H21NO. The van der Waals surface area contributed by atoms with Crippen LogP contribution in [0.2, 0.25) is 0 Å². The molecule has 1 saturated carbocycles. The van der Waals surface area contributed by atoms with Gasteiger partial charge in [0.1, 0.15) is 0 Å². The average molecular weight is 279 g/mol. The Balaban J connectivity index is 1.94. The summed E-state index contributed by atoms with van der Waals surface area (Å²) in [5.74, 6) is 0. The second-order valence-electron chi connectivity index (χ2n) is 7.30. The first kappa shape index (κ1) is 13.0. The third-order valence-electron chi connectivity index (χ3n) is 6.41. The van der Waals surface area contributed by atoms with Gasteiger partial charge in [0.25, 0.3) is 0 Å². The summed E-state index contributed by atoms with van der Waals surface area (Å²) in [4.78, 5) is 4.67. The average Bonchev–Trinajstić information content (AvgIpc) is 2.76. The number of benzene rings is 1. The van der Waals surface area contributed by atoms with Gasteiger partial charge in [0, 0.05) is 22.6 Å². The minimum absolute atomic E-state index is 0.0271. The van der Waals surface area contributed by atoms with E-state index in [1.165, 1.54) is 5.56 Å². The predicted molar refractivity (Wildman–Crippen MR) is 83.9 cm³/mol. The summed E-state index contributed by atoms with van der Waals surface area (Å²) in [5.41, 5.74) is 3.56.